The number of rotatable bonds is 3. The Morgan fingerprint density at radius 1 is 1.25 bits per heavy atom. The Hall–Kier alpha value is -1.81. The number of alkyl halides is 3. The fourth-order valence-corrected chi connectivity index (χ4v) is 3.55. The molecule has 2 fully saturated rings. The Morgan fingerprint density at radius 2 is 1.92 bits per heavy atom. The molecule has 0 radical (unpaired) electrons. The summed E-state index contributed by atoms with van der Waals surface area (Å²) in [6, 6.07) is 6.26. The van der Waals surface area contributed by atoms with E-state index in [1.165, 1.54) is 0 Å². The molecule has 0 amide bonds. The molecule has 1 aliphatic carbocycles. The van der Waals surface area contributed by atoms with Crippen LogP contribution in [0.5, 0.6) is 0 Å². The monoisotopic (exact) mass is 338 g/mol. The van der Waals surface area contributed by atoms with Gasteiger partial charge in [0.25, 0.3) is 0 Å². The van der Waals surface area contributed by atoms with Crippen molar-refractivity contribution in [2.75, 3.05) is 18.4 Å². The molecule has 1 N–H and O–H groups in total. The smallest absolute Gasteiger partial charge is 0.366 e. The van der Waals surface area contributed by atoms with Crippen LogP contribution < -0.4 is 5.32 Å². The second-order valence-electron chi connectivity index (χ2n) is 6.78. The molecule has 0 spiro atoms. The van der Waals surface area contributed by atoms with Crippen molar-refractivity contribution < 1.29 is 13.2 Å². The maximum absolute atomic E-state index is 12.7. The van der Waals surface area contributed by atoms with Crippen LogP contribution in [0.25, 0.3) is 0 Å². The van der Waals surface area contributed by atoms with Crippen LogP contribution in [0, 0.1) is 24.2 Å². The number of hydrogen-bond acceptors (Lipinski definition) is 4. The Morgan fingerprint density at radius 3 is 2.50 bits per heavy atom. The lowest BCUT2D eigenvalue weighted by Gasteiger charge is -2.46. The Kier molecular flexibility index (Phi) is 4.68. The molecule has 0 bridgehead atoms. The second-order valence-corrected chi connectivity index (χ2v) is 6.78. The van der Waals surface area contributed by atoms with Crippen LogP contribution in [0.3, 0.4) is 0 Å². The van der Waals surface area contributed by atoms with Crippen molar-refractivity contribution in [2.24, 2.45) is 5.92 Å². The number of anilines is 1. The summed E-state index contributed by atoms with van der Waals surface area (Å²) in [4.78, 5) is 6.54. The Bertz CT molecular complexity index is 624. The second kappa shape index (κ2) is 6.60. The van der Waals surface area contributed by atoms with Crippen molar-refractivity contribution in [3.05, 3.63) is 23.4 Å². The molecule has 24 heavy (non-hydrogen) atoms. The van der Waals surface area contributed by atoms with E-state index in [1.54, 1.807) is 12.1 Å². The molecule has 3 rings (SSSR count). The fourth-order valence-electron chi connectivity index (χ4n) is 3.55. The zero-order valence-corrected chi connectivity index (χ0v) is 13.6. The lowest BCUT2D eigenvalue weighted by Crippen LogP contribution is -2.53. The van der Waals surface area contributed by atoms with Gasteiger partial charge >= 0.3 is 6.18 Å². The van der Waals surface area contributed by atoms with Gasteiger partial charge in [0.15, 0.2) is 0 Å². The first-order chi connectivity index (χ1) is 11.4. The van der Waals surface area contributed by atoms with E-state index in [-0.39, 0.29) is 18.9 Å². The van der Waals surface area contributed by atoms with E-state index in [2.05, 4.69) is 21.3 Å². The maximum Gasteiger partial charge on any atom is 0.391 e. The van der Waals surface area contributed by atoms with Gasteiger partial charge in [0.1, 0.15) is 11.9 Å². The summed E-state index contributed by atoms with van der Waals surface area (Å²) in [6.07, 6.45) is -1.87. The van der Waals surface area contributed by atoms with Crippen molar-refractivity contribution in [3.63, 3.8) is 0 Å². The number of nitrogens with one attached hydrogen (secondary N) is 1. The molecule has 1 aromatic heterocycles. The predicted molar refractivity (Wildman–Crippen MR) is 84.5 cm³/mol. The molecule has 0 unspecified atom stereocenters. The number of likely N-dealkylation sites (tertiary alicyclic amines) is 1. The molecule has 2 heterocycles. The van der Waals surface area contributed by atoms with Gasteiger partial charge in [0.2, 0.25) is 0 Å². The number of piperidine rings is 1. The van der Waals surface area contributed by atoms with Gasteiger partial charge in [-0.05, 0) is 57.8 Å². The van der Waals surface area contributed by atoms with Gasteiger partial charge in [-0.25, -0.2) is 4.98 Å². The van der Waals surface area contributed by atoms with E-state index in [9.17, 15) is 13.2 Å². The van der Waals surface area contributed by atoms with Crippen molar-refractivity contribution in [3.8, 4) is 6.07 Å². The molecule has 7 heteroatoms. The molecular weight excluding hydrogens is 317 g/mol. The summed E-state index contributed by atoms with van der Waals surface area (Å²) in [5.41, 5.74) is 1.37. The van der Waals surface area contributed by atoms with Crippen LogP contribution in [0.2, 0.25) is 0 Å². The Labute approximate surface area is 139 Å². The third-order valence-electron chi connectivity index (χ3n) is 5.12. The van der Waals surface area contributed by atoms with Gasteiger partial charge in [-0.2, -0.15) is 18.4 Å². The highest BCUT2D eigenvalue weighted by Gasteiger charge is 2.43. The minimum atomic E-state index is -4.06. The Balaban J connectivity index is 1.49. The molecule has 1 aliphatic heterocycles. The largest absolute Gasteiger partial charge is 0.391 e. The van der Waals surface area contributed by atoms with Gasteiger partial charge in [0, 0.05) is 17.8 Å². The van der Waals surface area contributed by atoms with Crippen LogP contribution in [0.1, 0.15) is 36.9 Å². The SMILES string of the molecule is Cc1ccc(C#N)c(NC2CC(N3CCC(C(F)(F)F)CC3)C2)n1. The number of hydrogen-bond donors (Lipinski definition) is 1. The molecule has 4 nitrogen and oxygen atoms in total. The quantitative estimate of drug-likeness (QED) is 0.917. The van der Waals surface area contributed by atoms with Gasteiger partial charge in [-0.3, -0.25) is 0 Å². The number of aromatic nitrogens is 1. The molecule has 1 saturated carbocycles. The first-order valence-corrected chi connectivity index (χ1v) is 8.32. The average molecular weight is 338 g/mol. The van der Waals surface area contributed by atoms with Crippen molar-refractivity contribution in [1.82, 2.24) is 9.88 Å². The molecule has 1 aromatic rings. The lowest BCUT2D eigenvalue weighted by molar-refractivity contribution is -0.187. The summed E-state index contributed by atoms with van der Waals surface area (Å²) in [5, 5.41) is 12.4. The van der Waals surface area contributed by atoms with Gasteiger partial charge < -0.3 is 10.2 Å². The number of aryl methyl sites for hydroxylation is 1. The van der Waals surface area contributed by atoms with Crippen LogP contribution in [0.4, 0.5) is 19.0 Å². The lowest BCUT2D eigenvalue weighted by atomic mass is 9.83. The van der Waals surface area contributed by atoms with Crippen LogP contribution in [0.15, 0.2) is 12.1 Å². The molecule has 2 aliphatic rings. The van der Waals surface area contributed by atoms with Gasteiger partial charge in [-0.15, -0.1) is 0 Å². The highest BCUT2D eigenvalue weighted by molar-refractivity contribution is 5.53. The summed E-state index contributed by atoms with van der Waals surface area (Å²) in [6.45, 7) is 2.92. The highest BCUT2D eigenvalue weighted by atomic mass is 19.4. The standard InChI is InChI=1S/C17H21F3N4/c1-11-2-3-12(10-21)16(22-11)23-14-8-15(9-14)24-6-4-13(5-7-24)17(18,19)20/h2-3,13-15H,4-9H2,1H3,(H,22,23). The van der Waals surface area contributed by atoms with Crippen LogP contribution in [-0.4, -0.2) is 41.2 Å². The van der Waals surface area contributed by atoms with E-state index in [4.69, 9.17) is 5.26 Å². The summed E-state index contributed by atoms with van der Waals surface area (Å²) in [7, 11) is 0. The molecule has 0 atom stereocenters. The zero-order chi connectivity index (χ0) is 17.3. The van der Waals surface area contributed by atoms with Crippen molar-refractivity contribution in [1.29, 1.82) is 5.26 Å². The van der Waals surface area contributed by atoms with Crippen molar-refractivity contribution >= 4 is 5.82 Å². The summed E-state index contributed by atoms with van der Waals surface area (Å²) in [5.74, 6) is -0.533. The van der Waals surface area contributed by atoms with E-state index < -0.39 is 12.1 Å². The topological polar surface area (TPSA) is 52.0 Å². The van der Waals surface area contributed by atoms with Crippen LogP contribution in [-0.2, 0) is 0 Å². The minimum Gasteiger partial charge on any atom is -0.366 e. The summed E-state index contributed by atoms with van der Waals surface area (Å²) < 4.78 is 38.1. The van der Waals surface area contributed by atoms with E-state index in [0.29, 0.717) is 30.5 Å². The number of halogens is 3. The van der Waals surface area contributed by atoms with Gasteiger partial charge in [-0.1, -0.05) is 0 Å². The molecule has 0 aromatic carbocycles. The third kappa shape index (κ3) is 3.64. The molecule has 1 saturated heterocycles. The van der Waals surface area contributed by atoms with Crippen molar-refractivity contribution in [2.45, 2.75) is 50.9 Å². The third-order valence-corrected chi connectivity index (χ3v) is 5.12. The highest BCUT2D eigenvalue weighted by Crippen LogP contribution is 2.37. The van der Waals surface area contributed by atoms with E-state index in [0.717, 1.165) is 18.5 Å². The number of pyridine rings is 1. The number of nitrogens with zero attached hydrogens (tertiary/aromatic N) is 3. The molecular formula is C17H21F3N4. The first kappa shape index (κ1) is 17.0. The first-order valence-electron chi connectivity index (χ1n) is 8.32. The molecule has 130 valence electrons. The van der Waals surface area contributed by atoms with E-state index >= 15 is 0 Å². The average Bonchev–Trinajstić information content (AvgIpc) is 2.50. The normalized spacial score (nSPS) is 25.8. The number of nitriles is 1. The minimum absolute atomic E-state index is 0.204. The summed E-state index contributed by atoms with van der Waals surface area (Å²) >= 11 is 0. The fraction of sp³-hybridized carbons (Fsp3) is 0.647. The predicted octanol–water partition coefficient (Wildman–Crippen LogP) is 3.48. The zero-order valence-electron chi connectivity index (χ0n) is 13.6. The van der Waals surface area contributed by atoms with Gasteiger partial charge in [0.05, 0.1) is 11.5 Å². The maximum atomic E-state index is 12.7. The van der Waals surface area contributed by atoms with Crippen LogP contribution >= 0.6 is 0 Å². The van der Waals surface area contributed by atoms with E-state index in [1.807, 2.05) is 6.92 Å².